The van der Waals surface area contributed by atoms with Crippen molar-refractivity contribution in [2.24, 2.45) is 0 Å². The zero-order valence-corrected chi connectivity index (χ0v) is 35.8. The van der Waals surface area contributed by atoms with Gasteiger partial charge in [0, 0.05) is 75.5 Å². The predicted molar refractivity (Wildman–Crippen MR) is 239 cm³/mol. The number of amides is 6. The molecule has 3 aliphatic heterocycles. The van der Waals surface area contributed by atoms with Crippen LogP contribution in [-0.2, 0) is 14.4 Å². The Balaban J connectivity index is 0.854. The molecule has 0 aliphatic carbocycles. The lowest BCUT2D eigenvalue weighted by atomic mass is 10.0. The molecule has 4 N–H and O–H groups in total. The monoisotopic (exact) mass is 893 g/mol. The number of unbranched alkanes of at least 4 members (excludes halogenated alkanes) is 1. The smallest absolute Gasteiger partial charge is 0.274 e. The molecule has 18 nitrogen and oxygen atoms in total. The van der Waals surface area contributed by atoms with Gasteiger partial charge in [0.25, 0.3) is 17.7 Å². The van der Waals surface area contributed by atoms with Crippen molar-refractivity contribution in [1.82, 2.24) is 35.4 Å². The fourth-order valence-corrected chi connectivity index (χ4v) is 8.24. The van der Waals surface area contributed by atoms with Crippen LogP contribution >= 0.6 is 0 Å². The van der Waals surface area contributed by atoms with E-state index in [0.29, 0.717) is 85.9 Å². The Morgan fingerprint density at radius 3 is 2.50 bits per heavy atom. The first-order valence-electron chi connectivity index (χ1n) is 21.3. The highest BCUT2D eigenvalue weighted by atomic mass is 19.1. The number of methoxy groups -OCH3 is 1. The SMILES string of the molecule is COc1cccc(F)c1-c1nccc(C(=O)Nc2ccc(-c3cnccc3C#N)cc2N2CCN(CC(=O)NCCCCNc3cccc4c3C(=O)N(C3CCC(=O)NC3=O)C4=O)CC2)n1. The summed E-state index contributed by atoms with van der Waals surface area (Å²) in [5, 5.41) is 21.2. The van der Waals surface area contributed by atoms with E-state index >= 15 is 0 Å². The van der Waals surface area contributed by atoms with Crippen LogP contribution in [0.2, 0.25) is 0 Å². The molecule has 2 fully saturated rings. The maximum Gasteiger partial charge on any atom is 0.274 e. The van der Waals surface area contributed by atoms with Crippen molar-refractivity contribution in [3.63, 3.8) is 0 Å². The molecule has 0 saturated carbocycles. The third-order valence-electron chi connectivity index (χ3n) is 11.6. The first-order valence-corrected chi connectivity index (χ1v) is 21.3. The number of carbonyl (C=O) groups is 6. The van der Waals surface area contributed by atoms with Crippen LogP contribution in [0, 0.1) is 17.1 Å². The molecule has 3 aromatic carbocycles. The third kappa shape index (κ3) is 9.39. The van der Waals surface area contributed by atoms with Gasteiger partial charge in [-0.2, -0.15) is 5.26 Å². The summed E-state index contributed by atoms with van der Waals surface area (Å²) < 4.78 is 20.2. The van der Waals surface area contributed by atoms with Gasteiger partial charge < -0.3 is 25.6 Å². The average molecular weight is 894 g/mol. The topological polar surface area (TPSA) is 232 Å². The summed E-state index contributed by atoms with van der Waals surface area (Å²) in [6, 6.07) is 18.9. The van der Waals surface area contributed by atoms with Crippen molar-refractivity contribution in [1.29, 1.82) is 5.26 Å². The van der Waals surface area contributed by atoms with Crippen LogP contribution < -0.4 is 30.9 Å². The van der Waals surface area contributed by atoms with Gasteiger partial charge in [0.15, 0.2) is 5.82 Å². The molecule has 0 bridgehead atoms. The van der Waals surface area contributed by atoms with E-state index in [0.717, 1.165) is 4.90 Å². The van der Waals surface area contributed by atoms with E-state index in [1.165, 1.54) is 31.5 Å². The van der Waals surface area contributed by atoms with E-state index in [-0.39, 0.29) is 59.3 Å². The molecule has 2 saturated heterocycles. The summed E-state index contributed by atoms with van der Waals surface area (Å²) in [7, 11) is 1.41. The molecule has 66 heavy (non-hydrogen) atoms. The maximum atomic E-state index is 14.9. The largest absolute Gasteiger partial charge is 0.496 e. The molecule has 5 aromatic rings. The standard InChI is InChI=1S/C47H44FN11O7/c1-66-38-9-5-7-32(48)42(38)43-53-19-15-35(54-43)44(62)55-33-11-10-28(31-26-50-18-14-29(31)25-49)24-37(33)58-22-20-57(21-23-58)27-40(61)52-17-3-2-16-51-34-8-4-6-30-41(34)47(65)59(46(30)64)36-12-13-39(60)56-45(36)63/h4-11,14-15,18-19,24,26,36,51H,2-3,12-13,16-17,20-23,27H2,1H3,(H,52,61)(H,55,62)(H,56,60,63). The average Bonchev–Trinajstić information content (AvgIpc) is 3.58. The van der Waals surface area contributed by atoms with Crippen molar-refractivity contribution in [3.05, 3.63) is 114 Å². The predicted octanol–water partition coefficient (Wildman–Crippen LogP) is 4.01. The number of nitrogens with one attached hydrogen (secondary N) is 4. The first kappa shape index (κ1) is 44.5. The summed E-state index contributed by atoms with van der Waals surface area (Å²) in [4.78, 5) is 95.3. The summed E-state index contributed by atoms with van der Waals surface area (Å²) in [5.74, 6) is -3.36. The van der Waals surface area contributed by atoms with E-state index in [1.807, 2.05) is 11.0 Å². The minimum Gasteiger partial charge on any atom is -0.496 e. The number of fused-ring (bicyclic) bond motifs is 1. The van der Waals surface area contributed by atoms with Crippen LogP contribution in [0.5, 0.6) is 5.75 Å². The number of aromatic nitrogens is 3. The minimum absolute atomic E-state index is 0.0000742. The van der Waals surface area contributed by atoms with Gasteiger partial charge in [0.2, 0.25) is 17.7 Å². The van der Waals surface area contributed by atoms with Gasteiger partial charge in [-0.25, -0.2) is 14.4 Å². The highest BCUT2D eigenvalue weighted by Gasteiger charge is 2.45. The van der Waals surface area contributed by atoms with E-state index in [2.05, 4.69) is 47.2 Å². The fourth-order valence-electron chi connectivity index (χ4n) is 8.24. The molecule has 1 atom stereocenters. The number of carbonyl (C=O) groups excluding carboxylic acids is 6. The number of nitriles is 1. The number of rotatable bonds is 15. The van der Waals surface area contributed by atoms with E-state index in [9.17, 15) is 38.4 Å². The number of halogens is 1. The maximum absolute atomic E-state index is 14.9. The number of ether oxygens (including phenoxy) is 1. The Kier molecular flexibility index (Phi) is 13.3. The van der Waals surface area contributed by atoms with Crippen LogP contribution in [-0.4, -0.2) is 119 Å². The second-order valence-corrected chi connectivity index (χ2v) is 15.7. The fraction of sp³-hybridized carbons (Fsp3) is 0.277. The van der Waals surface area contributed by atoms with Crippen LogP contribution in [0.1, 0.15) is 62.5 Å². The number of nitrogens with zero attached hydrogens (tertiary/aromatic N) is 7. The quantitative estimate of drug-likeness (QED) is 0.0860. The summed E-state index contributed by atoms with van der Waals surface area (Å²) >= 11 is 0. The van der Waals surface area contributed by atoms with Crippen molar-refractivity contribution in [2.75, 3.05) is 68.5 Å². The number of pyridine rings is 1. The summed E-state index contributed by atoms with van der Waals surface area (Å²) in [5.41, 5.74) is 3.81. The molecule has 5 heterocycles. The second-order valence-electron chi connectivity index (χ2n) is 15.7. The summed E-state index contributed by atoms with van der Waals surface area (Å²) in [6.07, 6.45) is 5.93. The second kappa shape index (κ2) is 19.7. The third-order valence-corrected chi connectivity index (χ3v) is 11.6. The van der Waals surface area contributed by atoms with Crippen LogP contribution in [0.15, 0.2) is 85.3 Å². The van der Waals surface area contributed by atoms with Gasteiger partial charge in [-0.15, -0.1) is 0 Å². The van der Waals surface area contributed by atoms with Gasteiger partial charge in [-0.05, 0) is 73.4 Å². The van der Waals surface area contributed by atoms with Crippen LogP contribution in [0.3, 0.4) is 0 Å². The molecule has 0 radical (unpaired) electrons. The van der Waals surface area contributed by atoms with Gasteiger partial charge >= 0.3 is 0 Å². The number of anilines is 3. The molecule has 336 valence electrons. The first-order chi connectivity index (χ1) is 32.0. The summed E-state index contributed by atoms with van der Waals surface area (Å²) in [6.45, 7) is 3.15. The molecule has 8 rings (SSSR count). The molecular formula is C47H44FN11O7. The number of hydrogen-bond acceptors (Lipinski definition) is 14. The zero-order chi connectivity index (χ0) is 46.3. The Morgan fingerprint density at radius 2 is 1.71 bits per heavy atom. The number of imide groups is 2. The van der Waals surface area contributed by atoms with E-state index < -0.39 is 41.4 Å². The lowest BCUT2D eigenvalue weighted by Crippen LogP contribution is -2.54. The number of benzene rings is 3. The molecule has 3 aliphatic rings. The van der Waals surface area contributed by atoms with E-state index in [4.69, 9.17) is 4.74 Å². The van der Waals surface area contributed by atoms with Crippen molar-refractivity contribution < 1.29 is 37.9 Å². The lowest BCUT2D eigenvalue weighted by Gasteiger charge is -2.36. The van der Waals surface area contributed by atoms with Gasteiger partial charge in [0.05, 0.1) is 53.4 Å². The Morgan fingerprint density at radius 1 is 0.909 bits per heavy atom. The molecule has 2 aromatic heterocycles. The Bertz CT molecular complexity index is 2790. The highest BCUT2D eigenvalue weighted by molar-refractivity contribution is 6.25. The molecule has 6 amide bonds. The molecular weight excluding hydrogens is 850 g/mol. The Labute approximate surface area is 378 Å². The molecule has 0 spiro atoms. The molecule has 19 heteroatoms. The van der Waals surface area contributed by atoms with Crippen LogP contribution in [0.25, 0.3) is 22.5 Å². The molecule has 1 unspecified atom stereocenters. The lowest BCUT2D eigenvalue weighted by molar-refractivity contribution is -0.136. The number of piperidine rings is 1. The van der Waals surface area contributed by atoms with E-state index in [1.54, 1.807) is 54.9 Å². The minimum atomic E-state index is -1.05. The van der Waals surface area contributed by atoms with Gasteiger partial charge in [0.1, 0.15) is 23.3 Å². The number of piperazine rings is 1. The van der Waals surface area contributed by atoms with Crippen LogP contribution in [0.4, 0.5) is 21.5 Å². The highest BCUT2D eigenvalue weighted by Crippen LogP contribution is 2.36. The normalized spacial score (nSPS) is 16.0. The Hall–Kier alpha value is -8.11. The zero-order valence-electron chi connectivity index (χ0n) is 35.8. The van der Waals surface area contributed by atoms with Gasteiger partial charge in [-0.1, -0.05) is 18.2 Å². The van der Waals surface area contributed by atoms with Crippen molar-refractivity contribution >= 4 is 52.5 Å². The van der Waals surface area contributed by atoms with Crippen molar-refractivity contribution in [2.45, 2.75) is 31.7 Å². The van der Waals surface area contributed by atoms with Gasteiger partial charge in [-0.3, -0.25) is 48.9 Å². The van der Waals surface area contributed by atoms with Crippen molar-refractivity contribution in [3.8, 4) is 34.3 Å². The number of hydrogen-bond donors (Lipinski definition) is 4.